The molecule has 33 heavy (non-hydrogen) atoms. The van der Waals surface area contributed by atoms with Crippen LogP contribution in [0.15, 0.2) is 36.5 Å². The Kier molecular flexibility index (Phi) is 6.31. The van der Waals surface area contributed by atoms with Crippen molar-refractivity contribution in [3.63, 3.8) is 0 Å². The lowest BCUT2D eigenvalue weighted by Gasteiger charge is -2.28. The fourth-order valence-corrected chi connectivity index (χ4v) is 4.92. The summed E-state index contributed by atoms with van der Waals surface area (Å²) in [6, 6.07) is 10.0. The number of anilines is 1. The van der Waals surface area contributed by atoms with Crippen LogP contribution in [0.25, 0.3) is 10.9 Å². The largest absolute Gasteiger partial charge is 0.381 e. The van der Waals surface area contributed by atoms with Crippen molar-refractivity contribution >= 4 is 22.6 Å². The van der Waals surface area contributed by atoms with Crippen LogP contribution in [0.2, 0.25) is 0 Å². The molecule has 0 radical (unpaired) electrons. The number of carbonyl (C=O) groups excluding carboxylic acids is 1. The first-order valence-corrected chi connectivity index (χ1v) is 12.1. The van der Waals surface area contributed by atoms with Crippen molar-refractivity contribution in [3.05, 3.63) is 53.6 Å². The van der Waals surface area contributed by atoms with Crippen molar-refractivity contribution in [3.8, 4) is 0 Å². The summed E-state index contributed by atoms with van der Waals surface area (Å²) < 4.78 is 5.49. The molecule has 2 heterocycles. The topological polar surface area (TPSA) is 91.9 Å². The number of rotatable bonds is 8. The fourth-order valence-electron chi connectivity index (χ4n) is 4.92. The van der Waals surface area contributed by atoms with Gasteiger partial charge in [-0.15, -0.1) is 0 Å². The second-order valence-corrected chi connectivity index (χ2v) is 9.39. The van der Waals surface area contributed by atoms with Crippen LogP contribution in [-0.4, -0.2) is 41.1 Å². The molecular formula is C26H33N5O2. The molecule has 7 heteroatoms. The van der Waals surface area contributed by atoms with Crippen molar-refractivity contribution in [1.29, 1.82) is 0 Å². The highest BCUT2D eigenvalue weighted by Gasteiger charge is 2.31. The minimum atomic E-state index is -0.218. The molecule has 7 nitrogen and oxygen atoms in total. The first-order valence-electron chi connectivity index (χ1n) is 12.1. The van der Waals surface area contributed by atoms with Gasteiger partial charge in [0.15, 0.2) is 0 Å². The summed E-state index contributed by atoms with van der Waals surface area (Å²) in [4.78, 5) is 26.3. The maximum Gasteiger partial charge on any atom is 0.223 e. The summed E-state index contributed by atoms with van der Waals surface area (Å²) in [6.45, 7) is 0. The van der Waals surface area contributed by atoms with Crippen molar-refractivity contribution in [2.45, 2.75) is 63.0 Å². The molecule has 1 aromatic carbocycles. The van der Waals surface area contributed by atoms with Gasteiger partial charge in [0.1, 0.15) is 11.6 Å². The van der Waals surface area contributed by atoms with E-state index in [1.807, 2.05) is 19.2 Å². The zero-order chi connectivity index (χ0) is 22.8. The Bertz CT molecular complexity index is 1110. The van der Waals surface area contributed by atoms with Gasteiger partial charge >= 0.3 is 0 Å². The number of H-pyrrole nitrogens is 1. The van der Waals surface area contributed by atoms with Crippen molar-refractivity contribution in [2.24, 2.45) is 5.92 Å². The Labute approximate surface area is 194 Å². The van der Waals surface area contributed by atoms with E-state index >= 15 is 0 Å². The number of aromatic nitrogens is 3. The summed E-state index contributed by atoms with van der Waals surface area (Å²) in [5.74, 6) is 2.27. The fraction of sp³-hybridized carbons (Fsp3) is 0.500. The van der Waals surface area contributed by atoms with E-state index in [2.05, 4.69) is 45.0 Å². The van der Waals surface area contributed by atoms with Gasteiger partial charge in [-0.1, -0.05) is 18.2 Å². The van der Waals surface area contributed by atoms with Crippen LogP contribution < -0.4 is 10.6 Å². The first kappa shape index (κ1) is 21.9. The third kappa shape index (κ3) is 4.88. The zero-order valence-corrected chi connectivity index (χ0v) is 19.4. The van der Waals surface area contributed by atoms with E-state index in [1.54, 1.807) is 7.11 Å². The molecule has 3 N–H and O–H groups in total. The highest BCUT2D eigenvalue weighted by Crippen LogP contribution is 2.39. The molecule has 0 aliphatic heterocycles. The van der Waals surface area contributed by atoms with E-state index in [-0.39, 0.29) is 24.0 Å². The first-order chi connectivity index (χ1) is 16.1. The second kappa shape index (κ2) is 9.51. The Balaban J connectivity index is 1.43. The number of benzene rings is 1. The predicted molar refractivity (Wildman–Crippen MR) is 129 cm³/mol. The number of carbonyl (C=O) groups is 1. The lowest BCUT2D eigenvalue weighted by molar-refractivity contribution is -0.127. The van der Waals surface area contributed by atoms with Crippen molar-refractivity contribution < 1.29 is 9.53 Å². The van der Waals surface area contributed by atoms with Gasteiger partial charge in [-0.25, -0.2) is 9.97 Å². The van der Waals surface area contributed by atoms with Gasteiger partial charge in [-0.05, 0) is 50.2 Å². The molecule has 0 spiro atoms. The number of nitrogens with zero attached hydrogens (tertiary/aromatic N) is 2. The average molecular weight is 448 g/mol. The van der Waals surface area contributed by atoms with E-state index in [9.17, 15) is 4.79 Å². The maximum absolute atomic E-state index is 13.3. The smallest absolute Gasteiger partial charge is 0.223 e. The molecule has 1 atom stereocenters. The number of ether oxygens (including phenoxy) is 1. The number of fused-ring (bicyclic) bond motifs is 1. The number of para-hydroxylation sites is 1. The lowest BCUT2D eigenvalue weighted by atomic mass is 9.86. The van der Waals surface area contributed by atoms with Crippen molar-refractivity contribution in [1.82, 2.24) is 20.3 Å². The molecule has 2 aliphatic rings. The minimum Gasteiger partial charge on any atom is -0.381 e. The van der Waals surface area contributed by atoms with E-state index < -0.39 is 0 Å². The van der Waals surface area contributed by atoms with Crippen LogP contribution >= 0.6 is 0 Å². The van der Waals surface area contributed by atoms with Crippen LogP contribution in [0.3, 0.4) is 0 Å². The summed E-state index contributed by atoms with van der Waals surface area (Å²) >= 11 is 0. The maximum atomic E-state index is 13.3. The van der Waals surface area contributed by atoms with E-state index in [0.29, 0.717) is 12.3 Å². The Hall–Kier alpha value is -2.93. The number of hydrogen-bond donors (Lipinski definition) is 3. The molecule has 2 aromatic heterocycles. The lowest BCUT2D eigenvalue weighted by Crippen LogP contribution is -2.38. The van der Waals surface area contributed by atoms with Crippen LogP contribution in [-0.2, 0) is 16.0 Å². The Morgan fingerprint density at radius 3 is 2.67 bits per heavy atom. The quantitative estimate of drug-likeness (QED) is 0.473. The van der Waals surface area contributed by atoms with Gasteiger partial charge in [0.2, 0.25) is 5.91 Å². The van der Waals surface area contributed by atoms with Gasteiger partial charge in [0.05, 0.1) is 17.8 Å². The summed E-state index contributed by atoms with van der Waals surface area (Å²) in [6.07, 6.45) is 8.87. The molecular weight excluding hydrogens is 414 g/mol. The number of methoxy groups -OCH3 is 1. The van der Waals surface area contributed by atoms with Crippen LogP contribution in [0.5, 0.6) is 0 Å². The number of hydrogen-bond acceptors (Lipinski definition) is 5. The standard InChI is InChI=1S/C26H33N5O2/c1-27-24-14-23(29-25(31-24)16-7-8-16)22(13-18-15-28-21-6-4-3-5-20(18)21)30-26(32)17-9-11-19(33-2)12-10-17/h3-6,14-17,19,22,28H,7-13H2,1-2H3,(H,30,32)(H,27,29,31). The molecule has 2 aliphatic carbocycles. The molecule has 1 unspecified atom stereocenters. The Morgan fingerprint density at radius 1 is 1.15 bits per heavy atom. The second-order valence-electron chi connectivity index (χ2n) is 9.39. The normalized spacial score (nSPS) is 21.6. The highest BCUT2D eigenvalue weighted by molar-refractivity contribution is 5.83. The molecule has 0 saturated heterocycles. The molecule has 2 fully saturated rings. The third-order valence-corrected chi connectivity index (χ3v) is 7.11. The number of nitrogens with one attached hydrogen (secondary N) is 3. The predicted octanol–water partition coefficient (Wildman–Crippen LogP) is 4.48. The van der Waals surface area contributed by atoms with E-state index in [4.69, 9.17) is 9.72 Å². The van der Waals surface area contributed by atoms with Gasteiger partial charge in [-0.2, -0.15) is 0 Å². The summed E-state index contributed by atoms with van der Waals surface area (Å²) in [5, 5.41) is 7.73. The van der Waals surface area contributed by atoms with Gasteiger partial charge in [-0.3, -0.25) is 4.79 Å². The monoisotopic (exact) mass is 447 g/mol. The Morgan fingerprint density at radius 2 is 1.94 bits per heavy atom. The summed E-state index contributed by atoms with van der Waals surface area (Å²) in [5.41, 5.74) is 3.16. The van der Waals surface area contributed by atoms with Crippen LogP contribution in [0.4, 0.5) is 5.82 Å². The van der Waals surface area contributed by atoms with E-state index in [0.717, 1.165) is 61.4 Å². The van der Waals surface area contributed by atoms with Gasteiger partial charge < -0.3 is 20.4 Å². The minimum absolute atomic E-state index is 0.0235. The average Bonchev–Trinajstić information content (AvgIpc) is 3.64. The summed E-state index contributed by atoms with van der Waals surface area (Å²) in [7, 11) is 3.64. The molecule has 2 saturated carbocycles. The molecule has 174 valence electrons. The highest BCUT2D eigenvalue weighted by atomic mass is 16.5. The van der Waals surface area contributed by atoms with E-state index in [1.165, 1.54) is 10.9 Å². The van der Waals surface area contributed by atoms with Crippen molar-refractivity contribution in [2.75, 3.05) is 19.5 Å². The van der Waals surface area contributed by atoms with Gasteiger partial charge in [0.25, 0.3) is 0 Å². The zero-order valence-electron chi connectivity index (χ0n) is 19.4. The molecule has 1 amide bonds. The molecule has 5 rings (SSSR count). The number of aromatic amines is 1. The van der Waals surface area contributed by atoms with Gasteiger partial charge in [0, 0.05) is 55.6 Å². The molecule has 3 aromatic rings. The molecule has 0 bridgehead atoms. The number of amides is 1. The SMILES string of the molecule is CNc1cc(C(Cc2c[nH]c3ccccc23)NC(=O)C2CCC(OC)CC2)nc(C2CC2)n1. The van der Waals surface area contributed by atoms with Crippen LogP contribution in [0.1, 0.15) is 67.6 Å². The third-order valence-electron chi connectivity index (χ3n) is 7.11. The van der Waals surface area contributed by atoms with Crippen LogP contribution in [0, 0.1) is 5.92 Å².